The molecule has 2 rings (SSSR count). The highest BCUT2D eigenvalue weighted by molar-refractivity contribution is 5.29. The Hall–Kier alpha value is -1.09. The topological polar surface area (TPSA) is 35.2 Å². The van der Waals surface area contributed by atoms with E-state index in [0.717, 1.165) is 25.0 Å². The Kier molecular flexibility index (Phi) is 4.92. The average molecular weight is 293 g/mol. The second-order valence-electron chi connectivity index (χ2n) is 7.08. The molecule has 3 unspecified atom stereocenters. The van der Waals surface area contributed by atoms with Crippen molar-refractivity contribution in [3.05, 3.63) is 29.6 Å². The van der Waals surface area contributed by atoms with Gasteiger partial charge in [0, 0.05) is 6.04 Å². The molecule has 118 valence electrons. The van der Waals surface area contributed by atoms with Gasteiger partial charge < -0.3 is 10.5 Å². The Bertz CT molecular complexity index is 486. The Balaban J connectivity index is 2.08. The van der Waals surface area contributed by atoms with Gasteiger partial charge in [-0.1, -0.05) is 27.2 Å². The van der Waals surface area contributed by atoms with Crippen molar-refractivity contribution in [3.63, 3.8) is 0 Å². The molecule has 1 aromatic rings. The molecule has 0 bridgehead atoms. The monoisotopic (exact) mass is 293 g/mol. The number of aryl methyl sites for hydroxylation is 1. The van der Waals surface area contributed by atoms with Crippen LogP contribution in [0.5, 0.6) is 5.75 Å². The van der Waals surface area contributed by atoms with E-state index in [4.69, 9.17) is 10.5 Å². The van der Waals surface area contributed by atoms with Gasteiger partial charge in [0.2, 0.25) is 0 Å². The summed E-state index contributed by atoms with van der Waals surface area (Å²) in [7, 11) is 0. The molecule has 0 radical (unpaired) electrons. The van der Waals surface area contributed by atoms with Crippen LogP contribution in [0, 0.1) is 24.1 Å². The molecular formula is C18H28FNO. The van der Waals surface area contributed by atoms with Crippen LogP contribution in [-0.2, 0) is 0 Å². The predicted molar refractivity (Wildman–Crippen MR) is 84.9 cm³/mol. The highest BCUT2D eigenvalue weighted by Crippen LogP contribution is 2.41. The maximum Gasteiger partial charge on any atom is 0.126 e. The van der Waals surface area contributed by atoms with E-state index in [1.54, 1.807) is 19.1 Å². The number of nitrogens with two attached hydrogens (primary N) is 1. The van der Waals surface area contributed by atoms with Crippen LogP contribution in [0.2, 0.25) is 0 Å². The van der Waals surface area contributed by atoms with Crippen LogP contribution < -0.4 is 10.5 Å². The number of rotatable bonds is 4. The van der Waals surface area contributed by atoms with Gasteiger partial charge in [0.1, 0.15) is 17.7 Å². The lowest BCUT2D eigenvalue weighted by molar-refractivity contribution is 0.0501. The first-order chi connectivity index (χ1) is 9.83. The zero-order chi connectivity index (χ0) is 15.6. The summed E-state index contributed by atoms with van der Waals surface area (Å²) >= 11 is 0. The summed E-state index contributed by atoms with van der Waals surface area (Å²) in [5, 5.41) is 0. The van der Waals surface area contributed by atoms with Crippen LogP contribution in [0.3, 0.4) is 0 Å². The molecule has 0 aliphatic heterocycles. The van der Waals surface area contributed by atoms with E-state index in [9.17, 15) is 4.39 Å². The highest BCUT2D eigenvalue weighted by Gasteiger charge is 2.37. The normalized spacial score (nSPS) is 26.7. The van der Waals surface area contributed by atoms with E-state index >= 15 is 0 Å². The molecule has 0 aromatic heterocycles. The molecule has 3 atom stereocenters. The van der Waals surface area contributed by atoms with Crippen LogP contribution in [-0.4, -0.2) is 12.1 Å². The van der Waals surface area contributed by atoms with E-state index in [1.165, 1.54) is 12.5 Å². The quantitative estimate of drug-likeness (QED) is 0.890. The molecule has 0 heterocycles. The Morgan fingerprint density at radius 1 is 1.33 bits per heavy atom. The highest BCUT2D eigenvalue weighted by atomic mass is 19.1. The van der Waals surface area contributed by atoms with Crippen molar-refractivity contribution in [1.82, 2.24) is 0 Å². The van der Waals surface area contributed by atoms with Gasteiger partial charge in [0.25, 0.3) is 0 Å². The van der Waals surface area contributed by atoms with Crippen molar-refractivity contribution in [2.24, 2.45) is 17.1 Å². The van der Waals surface area contributed by atoms with E-state index in [-0.39, 0.29) is 18.0 Å². The van der Waals surface area contributed by atoms with Gasteiger partial charge in [0.05, 0.1) is 0 Å². The molecule has 2 N–H and O–H groups in total. The first-order valence-electron chi connectivity index (χ1n) is 8.02. The maximum absolute atomic E-state index is 13.3. The minimum Gasteiger partial charge on any atom is -0.489 e. The largest absolute Gasteiger partial charge is 0.489 e. The van der Waals surface area contributed by atoms with E-state index in [1.807, 2.05) is 0 Å². The molecule has 0 amide bonds. The molecule has 1 saturated carbocycles. The van der Waals surface area contributed by atoms with Crippen molar-refractivity contribution in [1.29, 1.82) is 0 Å². The molecule has 1 aliphatic rings. The molecule has 1 aromatic carbocycles. The van der Waals surface area contributed by atoms with Crippen LogP contribution in [0.15, 0.2) is 18.2 Å². The molecule has 2 nitrogen and oxygen atoms in total. The Morgan fingerprint density at radius 2 is 2.05 bits per heavy atom. The van der Waals surface area contributed by atoms with Gasteiger partial charge in [-0.25, -0.2) is 4.39 Å². The fraction of sp³-hybridized carbons (Fsp3) is 0.667. The first-order valence-corrected chi connectivity index (χ1v) is 8.02. The zero-order valence-electron chi connectivity index (χ0n) is 13.7. The number of ether oxygens (including phenoxy) is 1. The van der Waals surface area contributed by atoms with Crippen LogP contribution in [0.1, 0.15) is 52.0 Å². The van der Waals surface area contributed by atoms with E-state index in [0.29, 0.717) is 16.9 Å². The summed E-state index contributed by atoms with van der Waals surface area (Å²) in [6.07, 6.45) is 4.34. The SMILES string of the molecule is CCC(C)(C)C1CCC(N)C(Oc2ccc(F)c(C)c2)C1. The lowest BCUT2D eigenvalue weighted by Gasteiger charge is -2.42. The maximum atomic E-state index is 13.3. The van der Waals surface area contributed by atoms with Crippen LogP contribution in [0.4, 0.5) is 4.39 Å². The lowest BCUT2D eigenvalue weighted by Crippen LogP contribution is -2.46. The minimum atomic E-state index is -0.194. The van der Waals surface area contributed by atoms with Gasteiger partial charge in [-0.3, -0.25) is 0 Å². The summed E-state index contributed by atoms with van der Waals surface area (Å²) < 4.78 is 19.4. The van der Waals surface area contributed by atoms with Crippen molar-refractivity contribution >= 4 is 0 Å². The molecular weight excluding hydrogens is 265 g/mol. The first kappa shape index (κ1) is 16.3. The standard InChI is InChI=1S/C18H28FNO/c1-5-18(3,4)13-6-9-16(20)17(11-13)21-14-7-8-15(19)12(2)10-14/h7-8,10,13,16-17H,5-6,9,11,20H2,1-4H3. The molecule has 1 aliphatic carbocycles. The number of hydrogen-bond donors (Lipinski definition) is 1. The predicted octanol–water partition coefficient (Wildman–Crippen LogP) is 4.45. The summed E-state index contributed by atoms with van der Waals surface area (Å²) in [4.78, 5) is 0. The third-order valence-corrected chi connectivity index (χ3v) is 5.28. The van der Waals surface area contributed by atoms with Crippen molar-refractivity contribution in [2.75, 3.05) is 0 Å². The second-order valence-corrected chi connectivity index (χ2v) is 7.08. The van der Waals surface area contributed by atoms with E-state index in [2.05, 4.69) is 20.8 Å². The Labute approximate surface area is 127 Å². The summed E-state index contributed by atoms with van der Waals surface area (Å²) in [5.74, 6) is 1.17. The third-order valence-electron chi connectivity index (χ3n) is 5.28. The van der Waals surface area contributed by atoms with Gasteiger partial charge >= 0.3 is 0 Å². The average Bonchev–Trinajstić information content (AvgIpc) is 2.45. The van der Waals surface area contributed by atoms with Gasteiger partial charge in [0.15, 0.2) is 0 Å². The summed E-state index contributed by atoms with van der Waals surface area (Å²) in [5.41, 5.74) is 7.18. The zero-order valence-corrected chi connectivity index (χ0v) is 13.7. The van der Waals surface area contributed by atoms with Crippen molar-refractivity contribution in [2.45, 2.75) is 65.5 Å². The second kappa shape index (κ2) is 6.35. The van der Waals surface area contributed by atoms with Crippen LogP contribution >= 0.6 is 0 Å². The number of benzene rings is 1. The number of halogens is 1. The third kappa shape index (κ3) is 3.76. The fourth-order valence-corrected chi connectivity index (χ4v) is 3.15. The van der Waals surface area contributed by atoms with E-state index < -0.39 is 0 Å². The van der Waals surface area contributed by atoms with Crippen LogP contribution in [0.25, 0.3) is 0 Å². The number of hydrogen-bond acceptors (Lipinski definition) is 2. The molecule has 0 spiro atoms. The van der Waals surface area contributed by atoms with Gasteiger partial charge in [-0.2, -0.15) is 0 Å². The van der Waals surface area contributed by atoms with Gasteiger partial charge in [-0.15, -0.1) is 0 Å². The summed E-state index contributed by atoms with van der Waals surface area (Å²) in [6.45, 7) is 8.65. The minimum absolute atomic E-state index is 0.0273. The molecule has 1 fully saturated rings. The van der Waals surface area contributed by atoms with Crippen molar-refractivity contribution < 1.29 is 9.13 Å². The fourth-order valence-electron chi connectivity index (χ4n) is 3.15. The van der Waals surface area contributed by atoms with Crippen molar-refractivity contribution in [3.8, 4) is 5.75 Å². The molecule has 0 saturated heterocycles. The molecule has 3 heteroatoms. The molecule has 21 heavy (non-hydrogen) atoms. The van der Waals surface area contributed by atoms with Gasteiger partial charge in [-0.05, 0) is 61.3 Å². The smallest absolute Gasteiger partial charge is 0.126 e. The lowest BCUT2D eigenvalue weighted by atomic mass is 9.68. The Morgan fingerprint density at radius 3 is 2.67 bits per heavy atom. The summed E-state index contributed by atoms with van der Waals surface area (Å²) in [6, 6.07) is 4.99.